The van der Waals surface area contributed by atoms with Gasteiger partial charge < -0.3 is 10.1 Å². The first-order valence-corrected chi connectivity index (χ1v) is 7.78. The molecule has 0 aliphatic heterocycles. The van der Waals surface area contributed by atoms with Crippen molar-refractivity contribution >= 4 is 15.9 Å². The molecule has 1 rings (SSSR count). The van der Waals surface area contributed by atoms with E-state index in [9.17, 15) is 0 Å². The Bertz CT molecular complexity index is 398. The van der Waals surface area contributed by atoms with Gasteiger partial charge in [0.05, 0.1) is 6.61 Å². The topological polar surface area (TPSA) is 21.3 Å². The molecule has 1 unspecified atom stereocenters. The Morgan fingerprint density at radius 1 is 1.32 bits per heavy atom. The Hall–Kier alpha value is -0.540. The third kappa shape index (κ3) is 5.96. The summed E-state index contributed by atoms with van der Waals surface area (Å²) in [4.78, 5) is 0. The molecule has 108 valence electrons. The minimum atomic E-state index is 0.316. The van der Waals surface area contributed by atoms with Gasteiger partial charge in [-0.15, -0.1) is 0 Å². The van der Waals surface area contributed by atoms with Gasteiger partial charge in [0, 0.05) is 10.5 Å². The van der Waals surface area contributed by atoms with Crippen LogP contribution in [0.3, 0.4) is 0 Å². The van der Waals surface area contributed by atoms with E-state index in [1.807, 2.05) is 0 Å². The van der Waals surface area contributed by atoms with Crippen molar-refractivity contribution in [1.82, 2.24) is 5.32 Å². The maximum absolute atomic E-state index is 5.81. The van der Waals surface area contributed by atoms with Crippen LogP contribution in [-0.2, 0) is 0 Å². The van der Waals surface area contributed by atoms with Gasteiger partial charge >= 0.3 is 0 Å². The summed E-state index contributed by atoms with van der Waals surface area (Å²) in [5.74, 6) is 0.934. The van der Waals surface area contributed by atoms with Crippen LogP contribution in [0.1, 0.15) is 52.6 Å². The first kappa shape index (κ1) is 16.5. The first-order chi connectivity index (χ1) is 8.83. The van der Waals surface area contributed by atoms with Crippen LogP contribution < -0.4 is 10.1 Å². The summed E-state index contributed by atoms with van der Waals surface area (Å²) >= 11 is 3.63. The van der Waals surface area contributed by atoms with Gasteiger partial charge in [-0.3, -0.25) is 0 Å². The summed E-state index contributed by atoms with van der Waals surface area (Å²) in [6.07, 6.45) is 1.06. The van der Waals surface area contributed by atoms with Gasteiger partial charge in [-0.1, -0.05) is 49.7 Å². The Labute approximate surface area is 126 Å². The van der Waals surface area contributed by atoms with E-state index in [0.717, 1.165) is 29.8 Å². The maximum atomic E-state index is 5.81. The summed E-state index contributed by atoms with van der Waals surface area (Å²) < 4.78 is 6.91. The van der Waals surface area contributed by atoms with E-state index in [4.69, 9.17) is 4.74 Å². The zero-order chi connectivity index (χ0) is 14.5. The average molecular weight is 328 g/mol. The van der Waals surface area contributed by atoms with Crippen LogP contribution in [0.5, 0.6) is 5.75 Å². The number of benzene rings is 1. The van der Waals surface area contributed by atoms with E-state index in [1.54, 1.807) is 0 Å². The zero-order valence-electron chi connectivity index (χ0n) is 12.7. The van der Waals surface area contributed by atoms with Crippen LogP contribution in [0.25, 0.3) is 0 Å². The predicted molar refractivity (Wildman–Crippen MR) is 85.8 cm³/mol. The third-order valence-corrected chi connectivity index (χ3v) is 3.76. The predicted octanol–water partition coefficient (Wildman–Crippen LogP) is 4.93. The highest BCUT2D eigenvalue weighted by Gasteiger charge is 2.11. The highest BCUT2D eigenvalue weighted by atomic mass is 79.9. The normalized spacial score (nSPS) is 13.4. The summed E-state index contributed by atoms with van der Waals surface area (Å²) in [5, 5.41) is 3.41. The monoisotopic (exact) mass is 327 g/mol. The van der Waals surface area contributed by atoms with Crippen molar-refractivity contribution in [2.75, 3.05) is 13.2 Å². The average Bonchev–Trinajstić information content (AvgIpc) is 2.27. The van der Waals surface area contributed by atoms with Crippen molar-refractivity contribution in [3.8, 4) is 5.75 Å². The molecule has 0 aromatic heterocycles. The highest BCUT2D eigenvalue weighted by Crippen LogP contribution is 2.28. The van der Waals surface area contributed by atoms with Gasteiger partial charge in [0.25, 0.3) is 0 Å². The third-order valence-electron chi connectivity index (χ3n) is 3.07. The fourth-order valence-electron chi connectivity index (χ4n) is 1.84. The fourth-order valence-corrected chi connectivity index (χ4v) is 2.54. The lowest BCUT2D eigenvalue weighted by Crippen LogP contribution is -2.18. The molecule has 0 bridgehead atoms. The van der Waals surface area contributed by atoms with Crippen LogP contribution in [0.4, 0.5) is 0 Å². The Morgan fingerprint density at radius 2 is 2.00 bits per heavy atom. The van der Waals surface area contributed by atoms with Crippen molar-refractivity contribution in [2.24, 2.45) is 5.41 Å². The van der Waals surface area contributed by atoms with Crippen LogP contribution >= 0.6 is 15.9 Å². The number of hydrogen-bond acceptors (Lipinski definition) is 2. The molecule has 19 heavy (non-hydrogen) atoms. The summed E-state index contributed by atoms with van der Waals surface area (Å²) in [6.45, 7) is 12.7. The molecule has 0 fully saturated rings. The van der Waals surface area contributed by atoms with Crippen LogP contribution in [0.2, 0.25) is 0 Å². The van der Waals surface area contributed by atoms with E-state index in [-0.39, 0.29) is 0 Å². The summed E-state index contributed by atoms with van der Waals surface area (Å²) in [6, 6.07) is 6.59. The second-order valence-electron chi connectivity index (χ2n) is 6.12. The van der Waals surface area contributed by atoms with E-state index >= 15 is 0 Å². The van der Waals surface area contributed by atoms with E-state index in [0.29, 0.717) is 11.5 Å². The molecule has 0 spiro atoms. The van der Waals surface area contributed by atoms with Crippen molar-refractivity contribution in [3.63, 3.8) is 0 Å². The highest BCUT2D eigenvalue weighted by molar-refractivity contribution is 9.10. The smallest absolute Gasteiger partial charge is 0.120 e. The first-order valence-electron chi connectivity index (χ1n) is 6.99. The number of rotatable bonds is 6. The van der Waals surface area contributed by atoms with Crippen molar-refractivity contribution in [1.29, 1.82) is 0 Å². The molecule has 1 atom stereocenters. The van der Waals surface area contributed by atoms with Gasteiger partial charge in [0.2, 0.25) is 0 Å². The van der Waals surface area contributed by atoms with Gasteiger partial charge in [-0.25, -0.2) is 0 Å². The van der Waals surface area contributed by atoms with Crippen molar-refractivity contribution in [2.45, 2.75) is 47.1 Å². The molecule has 0 radical (unpaired) electrons. The van der Waals surface area contributed by atoms with E-state index < -0.39 is 0 Å². The lowest BCUT2D eigenvalue weighted by atomic mass is 9.93. The van der Waals surface area contributed by atoms with Gasteiger partial charge in [-0.05, 0) is 43.0 Å². The zero-order valence-corrected chi connectivity index (χ0v) is 14.3. The molecular formula is C16H26BrNO. The number of halogens is 1. The summed E-state index contributed by atoms with van der Waals surface area (Å²) in [5.41, 5.74) is 1.58. The SMILES string of the molecule is CCNC(C)c1ccc(OCCC(C)(C)C)cc1Br. The molecule has 0 aliphatic carbocycles. The van der Waals surface area contributed by atoms with Gasteiger partial charge in [0.15, 0.2) is 0 Å². The van der Waals surface area contributed by atoms with Crippen molar-refractivity contribution in [3.05, 3.63) is 28.2 Å². The van der Waals surface area contributed by atoms with Crippen LogP contribution in [0, 0.1) is 5.41 Å². The molecule has 1 N–H and O–H groups in total. The molecular weight excluding hydrogens is 302 g/mol. The minimum absolute atomic E-state index is 0.316. The second kappa shape index (κ2) is 7.30. The maximum Gasteiger partial charge on any atom is 0.120 e. The quantitative estimate of drug-likeness (QED) is 0.799. The Morgan fingerprint density at radius 3 is 2.53 bits per heavy atom. The van der Waals surface area contributed by atoms with E-state index in [2.05, 4.69) is 74.1 Å². The molecule has 1 aromatic rings. The molecule has 0 amide bonds. The van der Waals surface area contributed by atoms with Crippen LogP contribution in [0.15, 0.2) is 22.7 Å². The lowest BCUT2D eigenvalue weighted by Gasteiger charge is -2.19. The molecule has 0 aliphatic rings. The molecule has 1 aromatic carbocycles. The van der Waals surface area contributed by atoms with Gasteiger partial charge in [-0.2, -0.15) is 0 Å². The second-order valence-corrected chi connectivity index (χ2v) is 6.98. The largest absolute Gasteiger partial charge is 0.494 e. The van der Waals surface area contributed by atoms with Gasteiger partial charge in [0.1, 0.15) is 5.75 Å². The number of hydrogen-bond donors (Lipinski definition) is 1. The van der Waals surface area contributed by atoms with Crippen LogP contribution in [-0.4, -0.2) is 13.2 Å². The van der Waals surface area contributed by atoms with E-state index in [1.165, 1.54) is 5.56 Å². The lowest BCUT2D eigenvalue weighted by molar-refractivity contribution is 0.243. The number of nitrogens with one attached hydrogen (secondary N) is 1. The molecule has 3 heteroatoms. The fraction of sp³-hybridized carbons (Fsp3) is 0.625. The molecule has 0 heterocycles. The summed E-state index contributed by atoms with van der Waals surface area (Å²) in [7, 11) is 0. The molecule has 0 saturated heterocycles. The molecule has 0 saturated carbocycles. The van der Waals surface area contributed by atoms with Crippen molar-refractivity contribution < 1.29 is 4.74 Å². The Kier molecular flexibility index (Phi) is 6.34. The Balaban J connectivity index is 2.61. The molecule has 2 nitrogen and oxygen atoms in total. The minimum Gasteiger partial charge on any atom is -0.494 e. The standard InChI is InChI=1S/C16H26BrNO/c1-6-18-12(2)14-8-7-13(11-15(14)17)19-10-9-16(3,4)5/h7-8,11-12,18H,6,9-10H2,1-5H3. The number of ether oxygens (including phenoxy) is 1.